The Hall–Kier alpha value is -1.26. The summed E-state index contributed by atoms with van der Waals surface area (Å²) in [6, 6.07) is 8.01. The fourth-order valence-electron chi connectivity index (χ4n) is 1.43. The lowest BCUT2D eigenvalue weighted by molar-refractivity contribution is 0.200. The molecule has 0 aliphatic carbocycles. The van der Waals surface area contributed by atoms with Crippen LogP contribution in [0, 0.1) is 0 Å². The van der Waals surface area contributed by atoms with E-state index >= 15 is 0 Å². The van der Waals surface area contributed by atoms with E-state index in [1.54, 1.807) is 7.11 Å². The molecule has 0 saturated carbocycles. The van der Waals surface area contributed by atoms with Crippen LogP contribution >= 0.6 is 0 Å². The highest BCUT2D eigenvalue weighted by Crippen LogP contribution is 2.14. The van der Waals surface area contributed by atoms with Gasteiger partial charge in [-0.3, -0.25) is 0 Å². The molecule has 17 heavy (non-hydrogen) atoms. The van der Waals surface area contributed by atoms with Crippen molar-refractivity contribution in [3.8, 4) is 5.75 Å². The Kier molecular flexibility index (Phi) is 7.18. The fraction of sp³-hybridized carbons (Fsp3) is 0.538. The minimum atomic E-state index is 0.705. The van der Waals surface area contributed by atoms with E-state index in [2.05, 4.69) is 10.6 Å². The van der Waals surface area contributed by atoms with Crippen LogP contribution in [0.25, 0.3) is 0 Å². The molecule has 0 atom stereocenters. The van der Waals surface area contributed by atoms with Gasteiger partial charge in [0.2, 0.25) is 0 Å². The van der Waals surface area contributed by atoms with E-state index in [9.17, 15) is 0 Å². The van der Waals surface area contributed by atoms with Gasteiger partial charge in [-0.25, -0.2) is 0 Å². The molecule has 0 saturated heterocycles. The van der Waals surface area contributed by atoms with E-state index in [-0.39, 0.29) is 0 Å². The van der Waals surface area contributed by atoms with Crippen LogP contribution in [0.2, 0.25) is 0 Å². The molecule has 0 bridgehead atoms. The minimum absolute atomic E-state index is 0.705. The molecule has 96 valence electrons. The van der Waals surface area contributed by atoms with Gasteiger partial charge in [-0.05, 0) is 31.2 Å². The smallest absolute Gasteiger partial charge is 0.119 e. The Labute approximate surface area is 103 Å². The number of ether oxygens (including phenoxy) is 2. The highest BCUT2D eigenvalue weighted by molar-refractivity contribution is 5.46. The Balaban J connectivity index is 2.14. The van der Waals surface area contributed by atoms with Gasteiger partial charge in [0.25, 0.3) is 0 Å². The lowest BCUT2D eigenvalue weighted by Gasteiger charge is -2.08. The third-order valence-electron chi connectivity index (χ3n) is 2.28. The number of benzene rings is 1. The van der Waals surface area contributed by atoms with Crippen molar-refractivity contribution in [3.63, 3.8) is 0 Å². The molecule has 4 heteroatoms. The van der Waals surface area contributed by atoms with Gasteiger partial charge >= 0.3 is 0 Å². The lowest BCUT2D eigenvalue weighted by atomic mass is 10.3. The molecule has 1 aromatic carbocycles. The molecule has 4 nitrogen and oxygen atoms in total. The maximum atomic E-state index is 5.38. The molecule has 0 aliphatic rings. The first-order valence-electron chi connectivity index (χ1n) is 6.03. The van der Waals surface area contributed by atoms with Crippen molar-refractivity contribution >= 4 is 5.69 Å². The van der Waals surface area contributed by atoms with Gasteiger partial charge in [0.1, 0.15) is 5.75 Å². The normalized spacial score (nSPS) is 10.2. The summed E-state index contributed by atoms with van der Waals surface area (Å²) >= 11 is 0. The maximum Gasteiger partial charge on any atom is 0.119 e. The monoisotopic (exact) mass is 238 g/mol. The molecule has 1 rings (SSSR count). The van der Waals surface area contributed by atoms with E-state index in [0.29, 0.717) is 6.61 Å². The average molecular weight is 238 g/mol. The summed E-state index contributed by atoms with van der Waals surface area (Å²) in [7, 11) is 1.71. The van der Waals surface area contributed by atoms with Gasteiger partial charge < -0.3 is 20.1 Å². The predicted molar refractivity (Wildman–Crippen MR) is 70.8 cm³/mol. The molecular formula is C13H22N2O2. The summed E-state index contributed by atoms with van der Waals surface area (Å²) in [5.74, 6) is 0.913. The lowest BCUT2D eigenvalue weighted by Crippen LogP contribution is -2.25. The maximum absolute atomic E-state index is 5.38. The number of anilines is 1. The van der Waals surface area contributed by atoms with E-state index in [0.717, 1.165) is 37.7 Å². The predicted octanol–water partition coefficient (Wildman–Crippen LogP) is 1.73. The molecule has 0 unspecified atom stereocenters. The van der Waals surface area contributed by atoms with Gasteiger partial charge in [-0.2, -0.15) is 0 Å². The van der Waals surface area contributed by atoms with Crippen LogP contribution in [-0.2, 0) is 4.74 Å². The van der Waals surface area contributed by atoms with Crippen molar-refractivity contribution in [1.82, 2.24) is 5.32 Å². The van der Waals surface area contributed by atoms with E-state index < -0.39 is 0 Å². The highest BCUT2D eigenvalue weighted by Gasteiger charge is 1.93. The second kappa shape index (κ2) is 8.84. The van der Waals surface area contributed by atoms with Crippen LogP contribution in [0.5, 0.6) is 5.75 Å². The van der Waals surface area contributed by atoms with Crippen molar-refractivity contribution in [2.45, 2.75) is 6.92 Å². The van der Waals surface area contributed by atoms with Gasteiger partial charge in [0.15, 0.2) is 0 Å². The Morgan fingerprint density at radius 2 is 1.82 bits per heavy atom. The molecule has 0 radical (unpaired) electrons. The number of nitrogens with one attached hydrogen (secondary N) is 2. The van der Waals surface area contributed by atoms with Gasteiger partial charge in [-0.1, -0.05) is 0 Å². The van der Waals surface area contributed by atoms with Crippen molar-refractivity contribution in [3.05, 3.63) is 24.3 Å². The van der Waals surface area contributed by atoms with Crippen molar-refractivity contribution in [2.75, 3.05) is 45.3 Å². The third-order valence-corrected chi connectivity index (χ3v) is 2.28. The Morgan fingerprint density at radius 1 is 1.06 bits per heavy atom. The third kappa shape index (κ3) is 6.14. The first kappa shape index (κ1) is 13.8. The summed E-state index contributed by atoms with van der Waals surface area (Å²) in [5, 5.41) is 6.61. The fourth-order valence-corrected chi connectivity index (χ4v) is 1.43. The summed E-state index contributed by atoms with van der Waals surface area (Å²) < 4.78 is 10.3. The summed E-state index contributed by atoms with van der Waals surface area (Å²) in [4.78, 5) is 0. The van der Waals surface area contributed by atoms with E-state index in [1.807, 2.05) is 31.2 Å². The zero-order chi connectivity index (χ0) is 12.3. The standard InChI is InChI=1S/C13H22N2O2/c1-3-17-13-6-4-12(5-7-13)15-9-8-14-10-11-16-2/h4-7,14-15H,3,8-11H2,1-2H3. The van der Waals surface area contributed by atoms with E-state index in [1.165, 1.54) is 0 Å². The first-order chi connectivity index (χ1) is 8.36. The van der Waals surface area contributed by atoms with Crippen LogP contribution in [0.1, 0.15) is 6.92 Å². The van der Waals surface area contributed by atoms with Gasteiger partial charge in [0, 0.05) is 32.4 Å². The largest absolute Gasteiger partial charge is 0.494 e. The van der Waals surface area contributed by atoms with Gasteiger partial charge in [0.05, 0.1) is 13.2 Å². The first-order valence-corrected chi connectivity index (χ1v) is 6.03. The summed E-state index contributed by atoms with van der Waals surface area (Å²) in [6.45, 7) is 6.16. The van der Waals surface area contributed by atoms with E-state index in [4.69, 9.17) is 9.47 Å². The highest BCUT2D eigenvalue weighted by atomic mass is 16.5. The molecule has 1 aromatic rings. The van der Waals surface area contributed by atoms with Crippen molar-refractivity contribution < 1.29 is 9.47 Å². The molecule has 0 spiro atoms. The van der Waals surface area contributed by atoms with Crippen LogP contribution in [0.4, 0.5) is 5.69 Å². The Morgan fingerprint density at radius 3 is 2.47 bits per heavy atom. The summed E-state index contributed by atoms with van der Waals surface area (Å²) in [5.41, 5.74) is 1.11. The van der Waals surface area contributed by atoms with Crippen LogP contribution in [0.15, 0.2) is 24.3 Å². The molecule has 0 aliphatic heterocycles. The number of hydrogen-bond acceptors (Lipinski definition) is 4. The molecule has 0 fully saturated rings. The van der Waals surface area contributed by atoms with Crippen LogP contribution < -0.4 is 15.4 Å². The molecule has 0 aromatic heterocycles. The number of hydrogen-bond donors (Lipinski definition) is 2. The average Bonchev–Trinajstić information content (AvgIpc) is 2.36. The topological polar surface area (TPSA) is 42.5 Å². The molecule has 0 heterocycles. The second-order valence-corrected chi connectivity index (χ2v) is 3.63. The Bertz CT molecular complexity index is 288. The van der Waals surface area contributed by atoms with Gasteiger partial charge in [-0.15, -0.1) is 0 Å². The van der Waals surface area contributed by atoms with Crippen molar-refractivity contribution in [2.24, 2.45) is 0 Å². The molecule has 2 N–H and O–H groups in total. The minimum Gasteiger partial charge on any atom is -0.494 e. The zero-order valence-electron chi connectivity index (χ0n) is 10.7. The second-order valence-electron chi connectivity index (χ2n) is 3.63. The number of methoxy groups -OCH3 is 1. The zero-order valence-corrected chi connectivity index (χ0v) is 10.7. The number of rotatable bonds is 9. The quantitative estimate of drug-likeness (QED) is 0.643. The van der Waals surface area contributed by atoms with Crippen LogP contribution in [0.3, 0.4) is 0 Å². The molecule has 0 amide bonds. The van der Waals surface area contributed by atoms with Crippen molar-refractivity contribution in [1.29, 1.82) is 0 Å². The van der Waals surface area contributed by atoms with Crippen LogP contribution in [-0.4, -0.2) is 40.0 Å². The SMILES string of the molecule is CCOc1ccc(NCCNCCOC)cc1. The summed E-state index contributed by atoms with van der Waals surface area (Å²) in [6.07, 6.45) is 0. The molecular weight excluding hydrogens is 216 g/mol.